The summed E-state index contributed by atoms with van der Waals surface area (Å²) in [6.45, 7) is 7.02. The monoisotopic (exact) mass is 571 g/mol. The van der Waals surface area contributed by atoms with Crippen LogP contribution in [0.2, 0.25) is 5.02 Å². The van der Waals surface area contributed by atoms with Crippen molar-refractivity contribution in [1.29, 1.82) is 0 Å². The second kappa shape index (κ2) is 11.9. The molecule has 2 fully saturated rings. The molecule has 2 atom stereocenters. The van der Waals surface area contributed by atoms with Gasteiger partial charge in [0, 0.05) is 58.2 Å². The number of aliphatic imine (C=N–C) groups is 1. The van der Waals surface area contributed by atoms with E-state index in [9.17, 15) is 0 Å². The Morgan fingerprint density at radius 2 is 2.09 bits per heavy atom. The molecule has 10 heteroatoms. The molecule has 4 rings (SSSR count). The van der Waals surface area contributed by atoms with E-state index >= 15 is 0 Å². The van der Waals surface area contributed by atoms with Gasteiger partial charge in [0.15, 0.2) is 5.96 Å². The van der Waals surface area contributed by atoms with Gasteiger partial charge < -0.3 is 25.2 Å². The molecule has 0 amide bonds. The van der Waals surface area contributed by atoms with Gasteiger partial charge in [-0.3, -0.25) is 4.99 Å². The Kier molecular flexibility index (Phi) is 9.18. The van der Waals surface area contributed by atoms with Crippen LogP contribution in [0.1, 0.15) is 18.9 Å². The summed E-state index contributed by atoms with van der Waals surface area (Å²) in [6.07, 6.45) is 4.95. The van der Waals surface area contributed by atoms with E-state index in [0.29, 0.717) is 11.6 Å². The molecule has 0 saturated carbocycles. The number of ether oxygens (including phenoxy) is 1. The third-order valence-corrected chi connectivity index (χ3v) is 5.92. The lowest BCUT2D eigenvalue weighted by atomic mass is 10.2. The van der Waals surface area contributed by atoms with Crippen molar-refractivity contribution in [3.05, 3.63) is 47.2 Å². The number of pyridine rings is 2. The van der Waals surface area contributed by atoms with E-state index in [1.165, 1.54) is 0 Å². The van der Waals surface area contributed by atoms with Gasteiger partial charge in [-0.15, -0.1) is 24.0 Å². The molecule has 2 aliphatic heterocycles. The van der Waals surface area contributed by atoms with Crippen LogP contribution in [0.15, 0.2) is 41.7 Å². The highest BCUT2D eigenvalue weighted by atomic mass is 127. The zero-order valence-corrected chi connectivity index (χ0v) is 21.6. The maximum absolute atomic E-state index is 6.29. The van der Waals surface area contributed by atoms with Gasteiger partial charge >= 0.3 is 0 Å². The number of morpholine rings is 1. The van der Waals surface area contributed by atoms with Crippen LogP contribution in [-0.2, 0) is 11.3 Å². The second-order valence-electron chi connectivity index (χ2n) is 7.96. The number of anilines is 2. The Balaban J connectivity index is 0.00000289. The van der Waals surface area contributed by atoms with E-state index in [1.807, 2.05) is 18.3 Å². The van der Waals surface area contributed by atoms with Crippen molar-refractivity contribution >= 4 is 53.2 Å². The predicted molar refractivity (Wildman–Crippen MR) is 140 cm³/mol. The maximum atomic E-state index is 6.29. The third kappa shape index (κ3) is 6.35. The first-order valence-corrected chi connectivity index (χ1v) is 11.1. The Morgan fingerprint density at radius 1 is 1.22 bits per heavy atom. The van der Waals surface area contributed by atoms with Crippen molar-refractivity contribution in [3.63, 3.8) is 0 Å². The minimum Gasteiger partial charge on any atom is -0.375 e. The van der Waals surface area contributed by atoms with Crippen LogP contribution >= 0.6 is 35.6 Å². The maximum Gasteiger partial charge on any atom is 0.191 e. The number of halogens is 2. The number of nitrogens with zero attached hydrogens (tertiary/aromatic N) is 5. The minimum absolute atomic E-state index is 0. The summed E-state index contributed by atoms with van der Waals surface area (Å²) in [7, 11) is 1.79. The average molecular weight is 572 g/mol. The van der Waals surface area contributed by atoms with Crippen molar-refractivity contribution in [2.45, 2.75) is 32.0 Å². The van der Waals surface area contributed by atoms with Gasteiger partial charge in [-0.1, -0.05) is 17.7 Å². The number of hydrogen-bond donors (Lipinski definition) is 2. The lowest BCUT2D eigenvalue weighted by molar-refractivity contribution is 0.0529. The highest BCUT2D eigenvalue weighted by molar-refractivity contribution is 14.0. The van der Waals surface area contributed by atoms with Gasteiger partial charge in [0.1, 0.15) is 11.6 Å². The molecule has 2 aliphatic rings. The van der Waals surface area contributed by atoms with Gasteiger partial charge in [-0.2, -0.15) is 0 Å². The van der Waals surface area contributed by atoms with Crippen LogP contribution in [0.3, 0.4) is 0 Å². The van der Waals surface area contributed by atoms with Crippen molar-refractivity contribution in [2.75, 3.05) is 49.6 Å². The molecule has 2 saturated heterocycles. The summed E-state index contributed by atoms with van der Waals surface area (Å²) < 4.78 is 5.61. The van der Waals surface area contributed by atoms with E-state index in [-0.39, 0.29) is 36.1 Å². The smallest absolute Gasteiger partial charge is 0.191 e. The molecular formula is C22H31ClIN7O. The largest absolute Gasteiger partial charge is 0.375 e. The summed E-state index contributed by atoms with van der Waals surface area (Å²) in [5, 5.41) is 7.58. The van der Waals surface area contributed by atoms with Gasteiger partial charge in [-0.05, 0) is 37.1 Å². The number of hydrogen-bond acceptors (Lipinski definition) is 6. The van der Waals surface area contributed by atoms with Crippen LogP contribution in [-0.4, -0.2) is 67.9 Å². The molecule has 0 aromatic carbocycles. The topological polar surface area (TPSA) is 77.9 Å². The van der Waals surface area contributed by atoms with Crippen LogP contribution in [0.5, 0.6) is 0 Å². The van der Waals surface area contributed by atoms with Gasteiger partial charge in [-0.25, -0.2) is 9.97 Å². The predicted octanol–water partition coefficient (Wildman–Crippen LogP) is 2.92. The first kappa shape index (κ1) is 24.8. The minimum atomic E-state index is 0. The molecule has 8 nitrogen and oxygen atoms in total. The van der Waals surface area contributed by atoms with E-state index in [2.05, 4.69) is 54.5 Å². The number of aromatic nitrogens is 2. The van der Waals surface area contributed by atoms with Crippen LogP contribution < -0.4 is 20.4 Å². The fraction of sp³-hybridized carbons (Fsp3) is 0.500. The molecule has 4 heterocycles. The zero-order chi connectivity index (χ0) is 21.6. The van der Waals surface area contributed by atoms with Crippen LogP contribution in [0.4, 0.5) is 11.6 Å². The first-order valence-electron chi connectivity index (χ1n) is 10.8. The summed E-state index contributed by atoms with van der Waals surface area (Å²) >= 11 is 6.29. The molecule has 0 aliphatic carbocycles. The molecule has 2 aromatic rings. The van der Waals surface area contributed by atoms with Crippen molar-refractivity contribution < 1.29 is 4.74 Å². The fourth-order valence-electron chi connectivity index (χ4n) is 3.99. The summed E-state index contributed by atoms with van der Waals surface area (Å²) in [6, 6.07) is 8.21. The Hall–Kier alpha value is -1.85. The molecule has 0 spiro atoms. The first-order chi connectivity index (χ1) is 15.1. The Morgan fingerprint density at radius 3 is 2.81 bits per heavy atom. The second-order valence-corrected chi connectivity index (χ2v) is 8.37. The van der Waals surface area contributed by atoms with Crippen molar-refractivity contribution in [3.8, 4) is 0 Å². The summed E-state index contributed by atoms with van der Waals surface area (Å²) in [4.78, 5) is 17.9. The SMILES string of the molecule is CN=C(NCc1ccc(N2CCOC(C)C2)nc1)NC1CCN(c2ncccc2Cl)C1.I. The number of rotatable bonds is 5. The average Bonchev–Trinajstić information content (AvgIpc) is 3.25. The highest BCUT2D eigenvalue weighted by Crippen LogP contribution is 2.25. The van der Waals surface area contributed by atoms with E-state index in [4.69, 9.17) is 16.3 Å². The van der Waals surface area contributed by atoms with E-state index in [1.54, 1.807) is 13.2 Å². The standard InChI is InChI=1S/C22H30ClN7O.HI/c1-16-14-29(10-11-31-16)20-6-5-17(12-26-20)13-27-22(24-2)28-18-7-9-30(15-18)21-19(23)4-3-8-25-21;/h3-6,8,12,16,18H,7,9-11,13-15H2,1-2H3,(H2,24,27,28);1H. The van der Waals surface area contributed by atoms with E-state index < -0.39 is 0 Å². The molecule has 0 radical (unpaired) electrons. The van der Waals surface area contributed by atoms with Crippen LogP contribution in [0, 0.1) is 0 Å². The summed E-state index contributed by atoms with van der Waals surface area (Å²) in [5.74, 6) is 2.63. The molecule has 174 valence electrons. The van der Waals surface area contributed by atoms with Gasteiger partial charge in [0.25, 0.3) is 0 Å². The van der Waals surface area contributed by atoms with Crippen molar-refractivity contribution in [2.24, 2.45) is 4.99 Å². The Labute approximate surface area is 211 Å². The highest BCUT2D eigenvalue weighted by Gasteiger charge is 2.25. The lowest BCUT2D eigenvalue weighted by Crippen LogP contribution is -2.44. The number of nitrogens with one attached hydrogen (secondary N) is 2. The number of guanidine groups is 1. The fourth-order valence-corrected chi connectivity index (χ4v) is 4.23. The molecule has 32 heavy (non-hydrogen) atoms. The molecular weight excluding hydrogens is 541 g/mol. The quantitative estimate of drug-likeness (QED) is 0.325. The summed E-state index contributed by atoms with van der Waals surface area (Å²) in [5.41, 5.74) is 1.11. The van der Waals surface area contributed by atoms with E-state index in [0.717, 1.165) is 62.4 Å². The van der Waals surface area contributed by atoms with Crippen LogP contribution in [0.25, 0.3) is 0 Å². The zero-order valence-electron chi connectivity index (χ0n) is 18.5. The lowest BCUT2D eigenvalue weighted by Gasteiger charge is -2.32. The van der Waals surface area contributed by atoms with Crippen molar-refractivity contribution in [1.82, 2.24) is 20.6 Å². The molecule has 0 bridgehead atoms. The van der Waals surface area contributed by atoms with Gasteiger partial charge in [0.2, 0.25) is 0 Å². The molecule has 2 unspecified atom stereocenters. The normalized spacial score (nSPS) is 21.3. The third-order valence-electron chi connectivity index (χ3n) is 5.63. The molecule has 2 N–H and O–H groups in total. The Bertz CT molecular complexity index is 898. The van der Waals surface area contributed by atoms with Gasteiger partial charge in [0.05, 0.1) is 17.7 Å². The molecule has 2 aromatic heterocycles.